The second kappa shape index (κ2) is 2.95. The van der Waals surface area contributed by atoms with Gasteiger partial charge in [0.05, 0.1) is 5.83 Å². The van der Waals surface area contributed by atoms with Crippen molar-refractivity contribution in [3.63, 3.8) is 0 Å². The molecule has 0 saturated heterocycles. The molecule has 0 fully saturated rings. The SMILES string of the molecule is C=C(F)C[C@@](C)(F)CC. The van der Waals surface area contributed by atoms with Crippen molar-refractivity contribution < 1.29 is 8.78 Å². The van der Waals surface area contributed by atoms with E-state index >= 15 is 0 Å². The minimum atomic E-state index is -1.41. The van der Waals surface area contributed by atoms with Crippen molar-refractivity contribution in [2.45, 2.75) is 32.4 Å². The summed E-state index contributed by atoms with van der Waals surface area (Å²) in [5.41, 5.74) is -1.41. The molecule has 0 aromatic rings. The summed E-state index contributed by atoms with van der Waals surface area (Å²) in [4.78, 5) is 0. The molecule has 0 N–H and O–H groups in total. The number of rotatable bonds is 3. The average Bonchev–Trinajstić information content (AvgIpc) is 1.63. The van der Waals surface area contributed by atoms with Crippen LogP contribution < -0.4 is 0 Å². The zero-order valence-electron chi connectivity index (χ0n) is 5.88. The van der Waals surface area contributed by atoms with Crippen molar-refractivity contribution >= 4 is 0 Å². The van der Waals surface area contributed by atoms with Gasteiger partial charge in [0, 0.05) is 6.42 Å². The number of alkyl halides is 1. The summed E-state index contributed by atoms with van der Waals surface area (Å²) in [5.74, 6) is -0.582. The Balaban J connectivity index is 3.71. The normalized spacial score (nSPS) is 16.9. The first-order chi connectivity index (χ1) is 3.98. The van der Waals surface area contributed by atoms with Crippen LogP contribution in [0.3, 0.4) is 0 Å². The van der Waals surface area contributed by atoms with E-state index in [4.69, 9.17) is 0 Å². The Labute approximate surface area is 54.6 Å². The first-order valence-corrected chi connectivity index (χ1v) is 3.00. The van der Waals surface area contributed by atoms with Crippen LogP contribution in [0.5, 0.6) is 0 Å². The minimum Gasteiger partial charge on any atom is -0.244 e. The maximum Gasteiger partial charge on any atom is 0.114 e. The average molecular weight is 134 g/mol. The molecule has 0 saturated carbocycles. The summed E-state index contributed by atoms with van der Waals surface area (Å²) >= 11 is 0. The van der Waals surface area contributed by atoms with Crippen LogP contribution in [-0.4, -0.2) is 5.67 Å². The molecule has 0 aliphatic rings. The van der Waals surface area contributed by atoms with E-state index < -0.39 is 11.5 Å². The van der Waals surface area contributed by atoms with E-state index in [1.54, 1.807) is 6.92 Å². The standard InChI is InChI=1S/C7H12F2/c1-4-7(3,9)5-6(2)8/h2,4-5H2,1,3H3/t7-/m0/s1. The molecule has 2 heteroatoms. The molecule has 54 valence electrons. The fraction of sp³-hybridized carbons (Fsp3) is 0.714. The predicted octanol–water partition coefficient (Wildman–Crippen LogP) is 3.00. The summed E-state index contributed by atoms with van der Waals surface area (Å²) in [7, 11) is 0. The second-order valence-corrected chi connectivity index (χ2v) is 2.46. The zero-order chi connectivity index (χ0) is 7.49. The minimum absolute atomic E-state index is 0.177. The molecule has 0 nitrogen and oxygen atoms in total. The lowest BCUT2D eigenvalue weighted by molar-refractivity contribution is 0.173. The van der Waals surface area contributed by atoms with E-state index in [0.29, 0.717) is 6.42 Å². The van der Waals surface area contributed by atoms with Crippen molar-refractivity contribution in [2.24, 2.45) is 0 Å². The van der Waals surface area contributed by atoms with Crippen LogP contribution in [0.15, 0.2) is 12.4 Å². The molecule has 0 aromatic heterocycles. The summed E-state index contributed by atoms with van der Waals surface area (Å²) in [6.45, 7) is 6.04. The smallest absolute Gasteiger partial charge is 0.114 e. The highest BCUT2D eigenvalue weighted by Gasteiger charge is 2.21. The summed E-state index contributed by atoms with van der Waals surface area (Å²) < 4.78 is 24.7. The van der Waals surface area contributed by atoms with E-state index in [9.17, 15) is 8.78 Å². The predicted molar refractivity (Wildman–Crippen MR) is 34.7 cm³/mol. The number of halogens is 2. The molecular formula is C7H12F2. The van der Waals surface area contributed by atoms with E-state index in [-0.39, 0.29) is 6.42 Å². The molecule has 0 aromatic carbocycles. The number of hydrogen-bond acceptors (Lipinski definition) is 0. The fourth-order valence-electron chi connectivity index (χ4n) is 0.525. The van der Waals surface area contributed by atoms with E-state index in [1.807, 2.05) is 0 Å². The highest BCUT2D eigenvalue weighted by Crippen LogP contribution is 2.23. The third-order valence-electron chi connectivity index (χ3n) is 1.30. The van der Waals surface area contributed by atoms with Crippen molar-refractivity contribution in [1.82, 2.24) is 0 Å². The Morgan fingerprint density at radius 3 is 2.22 bits per heavy atom. The van der Waals surface area contributed by atoms with Gasteiger partial charge in [-0.05, 0) is 13.3 Å². The van der Waals surface area contributed by atoms with Crippen molar-refractivity contribution in [2.75, 3.05) is 0 Å². The van der Waals surface area contributed by atoms with Gasteiger partial charge in [-0.25, -0.2) is 8.78 Å². The van der Waals surface area contributed by atoms with Gasteiger partial charge < -0.3 is 0 Å². The molecule has 0 bridgehead atoms. The highest BCUT2D eigenvalue weighted by molar-refractivity contribution is 4.89. The molecular weight excluding hydrogens is 122 g/mol. The number of hydrogen-bond donors (Lipinski definition) is 0. The lowest BCUT2D eigenvalue weighted by Gasteiger charge is -2.15. The van der Waals surface area contributed by atoms with Crippen LogP contribution in [0.2, 0.25) is 0 Å². The summed E-state index contributed by atoms with van der Waals surface area (Å²) in [6.07, 6.45) is 0.152. The third-order valence-corrected chi connectivity index (χ3v) is 1.30. The van der Waals surface area contributed by atoms with E-state index in [2.05, 4.69) is 6.58 Å². The van der Waals surface area contributed by atoms with Crippen LogP contribution in [0.4, 0.5) is 8.78 Å². The molecule has 0 spiro atoms. The van der Waals surface area contributed by atoms with Gasteiger partial charge in [0.2, 0.25) is 0 Å². The monoisotopic (exact) mass is 134 g/mol. The second-order valence-electron chi connectivity index (χ2n) is 2.46. The zero-order valence-corrected chi connectivity index (χ0v) is 5.88. The van der Waals surface area contributed by atoms with Crippen LogP contribution in [0, 0.1) is 0 Å². The van der Waals surface area contributed by atoms with Gasteiger partial charge >= 0.3 is 0 Å². The van der Waals surface area contributed by atoms with Gasteiger partial charge in [-0.15, -0.1) is 0 Å². The third kappa shape index (κ3) is 4.13. The van der Waals surface area contributed by atoms with Crippen LogP contribution in [0.25, 0.3) is 0 Å². The Morgan fingerprint density at radius 1 is 1.67 bits per heavy atom. The van der Waals surface area contributed by atoms with Crippen molar-refractivity contribution in [3.05, 3.63) is 12.4 Å². The quantitative estimate of drug-likeness (QED) is 0.556. The van der Waals surface area contributed by atoms with Crippen molar-refractivity contribution in [1.29, 1.82) is 0 Å². The first kappa shape index (κ1) is 8.60. The Bertz CT molecular complexity index is 105. The Kier molecular flexibility index (Phi) is 2.82. The largest absolute Gasteiger partial charge is 0.244 e. The highest BCUT2D eigenvalue weighted by atomic mass is 19.1. The molecule has 9 heavy (non-hydrogen) atoms. The van der Waals surface area contributed by atoms with Gasteiger partial charge in [0.1, 0.15) is 5.67 Å². The van der Waals surface area contributed by atoms with E-state index in [1.165, 1.54) is 6.92 Å². The Morgan fingerprint density at radius 2 is 2.11 bits per heavy atom. The van der Waals surface area contributed by atoms with Gasteiger partial charge in [-0.2, -0.15) is 0 Å². The number of allylic oxidation sites excluding steroid dienone is 1. The Hall–Kier alpha value is -0.400. The van der Waals surface area contributed by atoms with Gasteiger partial charge in [-0.1, -0.05) is 13.5 Å². The molecule has 1 atom stereocenters. The van der Waals surface area contributed by atoms with Crippen LogP contribution in [-0.2, 0) is 0 Å². The maximum absolute atomic E-state index is 12.8. The molecule has 0 amide bonds. The van der Waals surface area contributed by atoms with Crippen molar-refractivity contribution in [3.8, 4) is 0 Å². The molecule has 0 rings (SSSR count). The fourth-order valence-corrected chi connectivity index (χ4v) is 0.525. The van der Waals surface area contributed by atoms with E-state index in [0.717, 1.165) is 0 Å². The lowest BCUT2D eigenvalue weighted by Crippen LogP contribution is -2.15. The molecule has 0 heterocycles. The van der Waals surface area contributed by atoms with Crippen LogP contribution in [0.1, 0.15) is 26.7 Å². The molecule has 0 aliphatic heterocycles. The van der Waals surface area contributed by atoms with Gasteiger partial charge in [0.25, 0.3) is 0 Å². The van der Waals surface area contributed by atoms with Crippen LogP contribution >= 0.6 is 0 Å². The maximum atomic E-state index is 12.8. The summed E-state index contributed by atoms with van der Waals surface area (Å²) in [5, 5.41) is 0. The molecule has 0 unspecified atom stereocenters. The topological polar surface area (TPSA) is 0 Å². The summed E-state index contributed by atoms with van der Waals surface area (Å²) in [6, 6.07) is 0. The molecule has 0 radical (unpaired) electrons. The van der Waals surface area contributed by atoms with Gasteiger partial charge in [-0.3, -0.25) is 0 Å². The lowest BCUT2D eigenvalue weighted by atomic mass is 10.0. The molecule has 0 aliphatic carbocycles. The van der Waals surface area contributed by atoms with Gasteiger partial charge in [0.15, 0.2) is 0 Å². The first-order valence-electron chi connectivity index (χ1n) is 3.00.